The second-order valence-electron chi connectivity index (χ2n) is 6.27. The third kappa shape index (κ3) is 4.09. The lowest BCUT2D eigenvalue weighted by atomic mass is 10.1. The van der Waals surface area contributed by atoms with Gasteiger partial charge in [0.05, 0.1) is 25.5 Å². The topological polar surface area (TPSA) is 60.2 Å². The molecule has 2 fully saturated rings. The molecule has 1 atom stereocenters. The van der Waals surface area contributed by atoms with Crippen LogP contribution in [0.2, 0.25) is 0 Å². The molecule has 2 saturated heterocycles. The highest BCUT2D eigenvalue weighted by Gasteiger charge is 2.25. The normalized spacial score (nSPS) is 24.6. The molecule has 1 N–H and O–H groups in total. The summed E-state index contributed by atoms with van der Waals surface area (Å²) in [4.78, 5) is 18.7. The molecule has 0 spiro atoms. The maximum absolute atomic E-state index is 12.4. The van der Waals surface area contributed by atoms with Gasteiger partial charge in [-0.2, -0.15) is 0 Å². The molecule has 0 unspecified atom stereocenters. The van der Waals surface area contributed by atoms with E-state index < -0.39 is 0 Å². The lowest BCUT2D eigenvalue weighted by Gasteiger charge is -2.36. The molecule has 0 aliphatic carbocycles. The molecule has 0 bridgehead atoms. The fourth-order valence-corrected chi connectivity index (χ4v) is 3.24. The first-order chi connectivity index (χ1) is 10.7. The highest BCUT2D eigenvalue weighted by molar-refractivity contribution is 5.78. The number of aliphatic hydroxyl groups excluding tert-OH is 1. The molecule has 1 aromatic rings. The Bertz CT molecular complexity index is 469. The van der Waals surface area contributed by atoms with Gasteiger partial charge < -0.3 is 14.4 Å². The molecule has 1 aromatic heterocycles. The minimum absolute atomic E-state index is 0.187. The van der Waals surface area contributed by atoms with Gasteiger partial charge in [-0.15, -0.1) is 0 Å². The number of likely N-dealkylation sites (tertiary alicyclic amines) is 1. The molecule has 1 amide bonds. The number of aliphatic hydroxyl groups is 1. The summed E-state index contributed by atoms with van der Waals surface area (Å²) in [7, 11) is 0. The van der Waals surface area contributed by atoms with E-state index in [-0.39, 0.29) is 12.0 Å². The van der Waals surface area contributed by atoms with Crippen LogP contribution in [0.25, 0.3) is 0 Å². The highest BCUT2D eigenvalue weighted by atomic mass is 16.3. The van der Waals surface area contributed by atoms with Crippen LogP contribution in [0.15, 0.2) is 22.8 Å². The van der Waals surface area contributed by atoms with E-state index >= 15 is 0 Å². The number of piperidine rings is 1. The summed E-state index contributed by atoms with van der Waals surface area (Å²) >= 11 is 0. The van der Waals surface area contributed by atoms with Crippen molar-refractivity contribution in [2.24, 2.45) is 0 Å². The van der Waals surface area contributed by atoms with Gasteiger partial charge in [0.15, 0.2) is 0 Å². The summed E-state index contributed by atoms with van der Waals surface area (Å²) in [6.07, 6.45) is 3.26. The average molecular weight is 307 g/mol. The largest absolute Gasteiger partial charge is 0.468 e. The number of hydrogen-bond donors (Lipinski definition) is 1. The molecular formula is C16H25N3O3. The van der Waals surface area contributed by atoms with E-state index in [0.29, 0.717) is 13.1 Å². The van der Waals surface area contributed by atoms with E-state index in [0.717, 1.165) is 57.9 Å². The van der Waals surface area contributed by atoms with Gasteiger partial charge in [-0.25, -0.2) is 0 Å². The minimum atomic E-state index is -0.272. The van der Waals surface area contributed by atoms with Crippen molar-refractivity contribution in [1.82, 2.24) is 14.7 Å². The van der Waals surface area contributed by atoms with Crippen molar-refractivity contribution in [3.05, 3.63) is 24.2 Å². The molecule has 0 radical (unpaired) electrons. The lowest BCUT2D eigenvalue weighted by Crippen LogP contribution is -2.52. The van der Waals surface area contributed by atoms with Gasteiger partial charge in [0.1, 0.15) is 5.76 Å². The molecule has 122 valence electrons. The predicted molar refractivity (Wildman–Crippen MR) is 82.2 cm³/mol. The van der Waals surface area contributed by atoms with Crippen molar-refractivity contribution in [3.8, 4) is 0 Å². The van der Waals surface area contributed by atoms with E-state index in [9.17, 15) is 9.90 Å². The summed E-state index contributed by atoms with van der Waals surface area (Å²) in [6, 6.07) is 3.89. The Hall–Kier alpha value is -1.37. The van der Waals surface area contributed by atoms with Crippen LogP contribution in [0.5, 0.6) is 0 Å². The van der Waals surface area contributed by atoms with Gasteiger partial charge in [0, 0.05) is 32.7 Å². The molecule has 6 nitrogen and oxygen atoms in total. The third-order valence-electron chi connectivity index (χ3n) is 4.52. The summed E-state index contributed by atoms with van der Waals surface area (Å²) in [5.41, 5.74) is 0. The zero-order chi connectivity index (χ0) is 15.4. The molecular weight excluding hydrogens is 282 g/mol. The van der Waals surface area contributed by atoms with Crippen molar-refractivity contribution < 1.29 is 14.3 Å². The van der Waals surface area contributed by atoms with Gasteiger partial charge in [0.2, 0.25) is 5.91 Å². The molecule has 22 heavy (non-hydrogen) atoms. The second-order valence-corrected chi connectivity index (χ2v) is 6.27. The number of β-amino-alcohol motifs (C(OH)–C–C–N with tert-alkyl or cyclic N) is 1. The number of furan rings is 1. The molecule has 2 aliphatic rings. The monoisotopic (exact) mass is 307 g/mol. The van der Waals surface area contributed by atoms with Crippen molar-refractivity contribution in [1.29, 1.82) is 0 Å². The number of piperazine rings is 1. The zero-order valence-corrected chi connectivity index (χ0v) is 13.0. The van der Waals surface area contributed by atoms with E-state index in [4.69, 9.17) is 4.42 Å². The number of hydrogen-bond acceptors (Lipinski definition) is 5. The third-order valence-corrected chi connectivity index (χ3v) is 4.52. The first-order valence-electron chi connectivity index (χ1n) is 8.13. The molecule has 3 heterocycles. The van der Waals surface area contributed by atoms with Crippen molar-refractivity contribution in [3.63, 3.8) is 0 Å². The maximum atomic E-state index is 12.4. The Morgan fingerprint density at radius 1 is 1.23 bits per heavy atom. The summed E-state index contributed by atoms with van der Waals surface area (Å²) in [5.74, 6) is 1.16. The van der Waals surface area contributed by atoms with E-state index in [2.05, 4.69) is 9.80 Å². The first kappa shape index (κ1) is 15.5. The summed E-state index contributed by atoms with van der Waals surface area (Å²) in [6.45, 7) is 6.12. The Morgan fingerprint density at radius 3 is 2.73 bits per heavy atom. The quantitative estimate of drug-likeness (QED) is 0.871. The van der Waals surface area contributed by atoms with Crippen LogP contribution in [0.3, 0.4) is 0 Å². The number of carbonyl (C=O) groups excluding carboxylic acids is 1. The van der Waals surface area contributed by atoms with Gasteiger partial charge >= 0.3 is 0 Å². The minimum Gasteiger partial charge on any atom is -0.468 e. The van der Waals surface area contributed by atoms with Crippen LogP contribution < -0.4 is 0 Å². The molecule has 6 heteroatoms. The van der Waals surface area contributed by atoms with Crippen LogP contribution in [0.4, 0.5) is 0 Å². The lowest BCUT2D eigenvalue weighted by molar-refractivity contribution is -0.135. The van der Waals surface area contributed by atoms with E-state index in [1.807, 2.05) is 17.0 Å². The summed E-state index contributed by atoms with van der Waals surface area (Å²) in [5, 5.41) is 9.68. The first-order valence-corrected chi connectivity index (χ1v) is 8.13. The highest BCUT2D eigenvalue weighted by Crippen LogP contribution is 2.12. The van der Waals surface area contributed by atoms with Crippen molar-refractivity contribution in [2.45, 2.75) is 25.5 Å². The number of carbonyl (C=O) groups is 1. The fourth-order valence-electron chi connectivity index (χ4n) is 3.24. The van der Waals surface area contributed by atoms with Gasteiger partial charge in [-0.1, -0.05) is 0 Å². The Labute approximate surface area is 131 Å². The SMILES string of the molecule is O=C(CN1CCC[C@H](O)C1)N1CCN(Cc2ccco2)CC1. The summed E-state index contributed by atoms with van der Waals surface area (Å²) < 4.78 is 5.37. The average Bonchev–Trinajstić information content (AvgIpc) is 3.01. The molecule has 2 aliphatic heterocycles. The van der Waals surface area contributed by atoms with Crippen LogP contribution in [-0.2, 0) is 11.3 Å². The Balaban J connectivity index is 1.41. The Morgan fingerprint density at radius 2 is 2.05 bits per heavy atom. The number of nitrogens with zero attached hydrogens (tertiary/aromatic N) is 3. The van der Waals surface area contributed by atoms with E-state index in [1.54, 1.807) is 6.26 Å². The van der Waals surface area contributed by atoms with Crippen molar-refractivity contribution in [2.75, 3.05) is 45.8 Å². The second kappa shape index (κ2) is 7.26. The smallest absolute Gasteiger partial charge is 0.236 e. The fraction of sp³-hybridized carbons (Fsp3) is 0.688. The molecule has 0 aromatic carbocycles. The van der Waals surface area contributed by atoms with Crippen LogP contribution in [0.1, 0.15) is 18.6 Å². The standard InChI is InChI=1S/C16H25N3O3/c20-14-3-1-5-18(11-14)13-16(21)19-8-6-17(7-9-19)12-15-4-2-10-22-15/h2,4,10,14,20H,1,3,5-9,11-13H2/t14-/m0/s1. The van der Waals surface area contributed by atoms with Crippen LogP contribution >= 0.6 is 0 Å². The maximum Gasteiger partial charge on any atom is 0.236 e. The number of amides is 1. The number of rotatable bonds is 4. The van der Waals surface area contributed by atoms with Gasteiger partial charge in [-0.05, 0) is 31.5 Å². The van der Waals surface area contributed by atoms with Crippen LogP contribution in [0, 0.1) is 0 Å². The van der Waals surface area contributed by atoms with E-state index in [1.165, 1.54) is 0 Å². The predicted octanol–water partition coefficient (Wildman–Crippen LogP) is 0.381. The van der Waals surface area contributed by atoms with Gasteiger partial charge in [-0.3, -0.25) is 14.6 Å². The van der Waals surface area contributed by atoms with Gasteiger partial charge in [0.25, 0.3) is 0 Å². The van der Waals surface area contributed by atoms with Crippen molar-refractivity contribution >= 4 is 5.91 Å². The molecule has 3 rings (SSSR count). The Kier molecular flexibility index (Phi) is 5.12. The zero-order valence-electron chi connectivity index (χ0n) is 13.0. The van der Waals surface area contributed by atoms with Crippen LogP contribution in [-0.4, -0.2) is 77.6 Å². The molecule has 0 saturated carbocycles.